The van der Waals surface area contributed by atoms with E-state index in [2.05, 4.69) is 32.6 Å². The zero-order chi connectivity index (χ0) is 12.4. The maximum Gasteiger partial charge on any atom is 0.133 e. The largest absolute Gasteiger partial charge is 0.381 e. The Balaban J connectivity index is 3.05. The lowest BCUT2D eigenvalue weighted by Crippen LogP contribution is -2.52. The van der Waals surface area contributed by atoms with Crippen molar-refractivity contribution in [2.24, 2.45) is 11.3 Å². The van der Waals surface area contributed by atoms with E-state index in [0.717, 1.165) is 25.7 Å². The third kappa shape index (κ3) is 2.42. The molecule has 0 spiro atoms. The summed E-state index contributed by atoms with van der Waals surface area (Å²) in [4.78, 5) is 0. The zero-order valence-corrected chi connectivity index (χ0v) is 10.9. The number of aliphatic hydroxyl groups excluding tert-OH is 1. The van der Waals surface area contributed by atoms with Crippen LogP contribution in [0, 0.1) is 23.2 Å². The summed E-state index contributed by atoms with van der Waals surface area (Å²) in [7, 11) is 0. The van der Waals surface area contributed by atoms with E-state index in [1.165, 1.54) is 0 Å². The molecule has 92 valence electrons. The number of hydrogen-bond acceptors (Lipinski definition) is 2. The van der Waals surface area contributed by atoms with Gasteiger partial charge in [-0.3, -0.25) is 0 Å². The van der Waals surface area contributed by atoms with Crippen LogP contribution in [0.1, 0.15) is 53.4 Å². The standard InChI is InChI=1S/C14H24O2/c1-5-12-7-6-9-13(3,4)14(12,16)10-8-11(2)15/h11-12,15-16H,5-7,9H2,1-4H3. The summed E-state index contributed by atoms with van der Waals surface area (Å²) < 4.78 is 0. The van der Waals surface area contributed by atoms with Gasteiger partial charge in [-0.25, -0.2) is 0 Å². The fraction of sp³-hybridized carbons (Fsp3) is 0.857. The van der Waals surface area contributed by atoms with Gasteiger partial charge >= 0.3 is 0 Å². The van der Waals surface area contributed by atoms with Gasteiger partial charge in [0.15, 0.2) is 0 Å². The Morgan fingerprint density at radius 2 is 2.06 bits per heavy atom. The van der Waals surface area contributed by atoms with Crippen molar-refractivity contribution in [3.05, 3.63) is 0 Å². The Bertz CT molecular complexity index is 296. The summed E-state index contributed by atoms with van der Waals surface area (Å²) in [6.07, 6.45) is 3.46. The van der Waals surface area contributed by atoms with E-state index < -0.39 is 11.7 Å². The topological polar surface area (TPSA) is 40.5 Å². The molecule has 1 aliphatic rings. The SMILES string of the molecule is CCC1CCCC(C)(C)C1(O)C#CC(C)O. The molecule has 2 N–H and O–H groups in total. The molecule has 0 aromatic heterocycles. The first-order chi connectivity index (χ1) is 7.33. The van der Waals surface area contributed by atoms with Crippen molar-refractivity contribution in [2.75, 3.05) is 0 Å². The molecular formula is C14H24O2. The van der Waals surface area contributed by atoms with Crippen LogP contribution >= 0.6 is 0 Å². The molecule has 0 amide bonds. The Labute approximate surface area is 99.1 Å². The first-order valence-corrected chi connectivity index (χ1v) is 6.26. The molecule has 1 rings (SSSR count). The van der Waals surface area contributed by atoms with Crippen LogP contribution in [-0.4, -0.2) is 21.9 Å². The van der Waals surface area contributed by atoms with Gasteiger partial charge in [-0.05, 0) is 32.1 Å². The Morgan fingerprint density at radius 1 is 1.44 bits per heavy atom. The zero-order valence-electron chi connectivity index (χ0n) is 10.9. The van der Waals surface area contributed by atoms with Crippen LogP contribution in [0.2, 0.25) is 0 Å². The minimum absolute atomic E-state index is 0.187. The number of aliphatic hydroxyl groups is 2. The third-order valence-corrected chi connectivity index (χ3v) is 3.94. The van der Waals surface area contributed by atoms with Crippen molar-refractivity contribution in [1.82, 2.24) is 0 Å². The minimum atomic E-state index is -0.947. The highest BCUT2D eigenvalue weighted by molar-refractivity contribution is 5.23. The molecule has 2 nitrogen and oxygen atoms in total. The summed E-state index contributed by atoms with van der Waals surface area (Å²) in [5.41, 5.74) is -1.13. The Morgan fingerprint density at radius 3 is 2.56 bits per heavy atom. The maximum absolute atomic E-state index is 10.8. The third-order valence-electron chi connectivity index (χ3n) is 3.94. The van der Waals surface area contributed by atoms with Gasteiger partial charge in [-0.2, -0.15) is 0 Å². The van der Waals surface area contributed by atoms with Crippen LogP contribution in [0.25, 0.3) is 0 Å². The molecule has 2 heteroatoms. The van der Waals surface area contributed by atoms with Crippen LogP contribution in [-0.2, 0) is 0 Å². The molecule has 0 heterocycles. The highest BCUT2D eigenvalue weighted by atomic mass is 16.3. The van der Waals surface area contributed by atoms with Crippen molar-refractivity contribution in [3.63, 3.8) is 0 Å². The molecule has 1 saturated carbocycles. The first-order valence-electron chi connectivity index (χ1n) is 6.26. The van der Waals surface area contributed by atoms with E-state index in [1.54, 1.807) is 6.92 Å². The van der Waals surface area contributed by atoms with Gasteiger partial charge < -0.3 is 10.2 Å². The van der Waals surface area contributed by atoms with E-state index in [4.69, 9.17) is 0 Å². The first kappa shape index (κ1) is 13.5. The predicted molar refractivity (Wildman–Crippen MR) is 65.8 cm³/mol. The van der Waals surface area contributed by atoms with E-state index in [-0.39, 0.29) is 11.3 Å². The quantitative estimate of drug-likeness (QED) is 0.671. The van der Waals surface area contributed by atoms with Gasteiger partial charge in [0.2, 0.25) is 0 Å². The van der Waals surface area contributed by atoms with Crippen molar-refractivity contribution < 1.29 is 10.2 Å². The molecule has 0 aromatic carbocycles. The summed E-state index contributed by atoms with van der Waals surface area (Å²) in [5.74, 6) is 5.90. The van der Waals surface area contributed by atoms with E-state index >= 15 is 0 Å². The van der Waals surface area contributed by atoms with Crippen molar-refractivity contribution in [3.8, 4) is 11.8 Å². The molecule has 3 unspecified atom stereocenters. The summed E-state index contributed by atoms with van der Waals surface area (Å²) in [5, 5.41) is 20.1. The van der Waals surface area contributed by atoms with Gasteiger partial charge in [0.05, 0.1) is 0 Å². The van der Waals surface area contributed by atoms with Gasteiger partial charge in [0, 0.05) is 5.41 Å². The summed E-state index contributed by atoms with van der Waals surface area (Å²) in [6.45, 7) is 7.88. The highest BCUT2D eigenvalue weighted by Crippen LogP contribution is 2.47. The normalized spacial score (nSPS) is 35.0. The van der Waals surface area contributed by atoms with Crippen LogP contribution < -0.4 is 0 Å². The second-order valence-electron chi connectivity index (χ2n) is 5.59. The van der Waals surface area contributed by atoms with Gasteiger partial charge in [0.1, 0.15) is 11.7 Å². The Kier molecular flexibility index (Phi) is 4.04. The van der Waals surface area contributed by atoms with E-state index in [9.17, 15) is 10.2 Å². The number of rotatable bonds is 1. The van der Waals surface area contributed by atoms with Crippen LogP contribution in [0.5, 0.6) is 0 Å². The summed E-state index contributed by atoms with van der Waals surface area (Å²) >= 11 is 0. The molecular weight excluding hydrogens is 200 g/mol. The fourth-order valence-corrected chi connectivity index (χ4v) is 2.73. The molecule has 1 fully saturated rings. The second kappa shape index (κ2) is 4.77. The summed E-state index contributed by atoms with van der Waals surface area (Å²) in [6, 6.07) is 0. The van der Waals surface area contributed by atoms with Crippen molar-refractivity contribution in [2.45, 2.75) is 65.1 Å². The predicted octanol–water partition coefficient (Wildman–Crippen LogP) is 2.34. The molecule has 0 radical (unpaired) electrons. The lowest BCUT2D eigenvalue weighted by atomic mass is 9.60. The van der Waals surface area contributed by atoms with Crippen LogP contribution in [0.15, 0.2) is 0 Å². The van der Waals surface area contributed by atoms with Crippen LogP contribution in [0.4, 0.5) is 0 Å². The van der Waals surface area contributed by atoms with Crippen LogP contribution in [0.3, 0.4) is 0 Å². The van der Waals surface area contributed by atoms with Gasteiger partial charge in [-0.1, -0.05) is 39.0 Å². The molecule has 1 aliphatic carbocycles. The molecule has 0 saturated heterocycles. The average molecular weight is 224 g/mol. The monoisotopic (exact) mass is 224 g/mol. The van der Waals surface area contributed by atoms with Crippen molar-refractivity contribution in [1.29, 1.82) is 0 Å². The lowest BCUT2D eigenvalue weighted by molar-refractivity contribution is -0.0932. The highest BCUT2D eigenvalue weighted by Gasteiger charge is 2.49. The van der Waals surface area contributed by atoms with E-state index in [0.29, 0.717) is 0 Å². The number of hydrogen-bond donors (Lipinski definition) is 2. The Hall–Kier alpha value is -0.520. The molecule has 0 aromatic rings. The molecule has 0 aliphatic heterocycles. The average Bonchev–Trinajstić information content (AvgIpc) is 2.19. The fourth-order valence-electron chi connectivity index (χ4n) is 2.73. The molecule has 16 heavy (non-hydrogen) atoms. The van der Waals surface area contributed by atoms with Gasteiger partial charge in [-0.15, -0.1) is 0 Å². The van der Waals surface area contributed by atoms with Gasteiger partial charge in [0.25, 0.3) is 0 Å². The minimum Gasteiger partial charge on any atom is -0.381 e. The smallest absolute Gasteiger partial charge is 0.133 e. The maximum atomic E-state index is 10.8. The van der Waals surface area contributed by atoms with Crippen molar-refractivity contribution >= 4 is 0 Å². The molecule has 3 atom stereocenters. The second-order valence-corrected chi connectivity index (χ2v) is 5.59. The van der Waals surface area contributed by atoms with E-state index in [1.807, 2.05) is 0 Å². The molecule has 0 bridgehead atoms. The lowest BCUT2D eigenvalue weighted by Gasteiger charge is -2.48.